The Morgan fingerprint density at radius 1 is 1.22 bits per heavy atom. The maximum atomic E-state index is 11.5. The number of nitrogens with one attached hydrogen (secondary N) is 2. The van der Waals surface area contributed by atoms with Crippen molar-refractivity contribution >= 4 is 17.8 Å². The second kappa shape index (κ2) is 6.98. The van der Waals surface area contributed by atoms with E-state index in [1.807, 2.05) is 0 Å². The summed E-state index contributed by atoms with van der Waals surface area (Å²) in [7, 11) is 0. The molecule has 0 aliphatic heterocycles. The van der Waals surface area contributed by atoms with Gasteiger partial charge in [-0.25, -0.2) is 0 Å². The van der Waals surface area contributed by atoms with Gasteiger partial charge in [0.05, 0.1) is 6.54 Å². The average Bonchev–Trinajstić information content (AvgIpc) is 2.36. The summed E-state index contributed by atoms with van der Waals surface area (Å²) in [5, 5.41) is 13.8. The molecule has 0 aromatic heterocycles. The SMILES string of the molecule is CC(C(=O)O)C(=O)NCC(=O)NC1CCCCC1. The monoisotopic (exact) mass is 256 g/mol. The van der Waals surface area contributed by atoms with Gasteiger partial charge in [0.1, 0.15) is 5.92 Å². The van der Waals surface area contributed by atoms with E-state index >= 15 is 0 Å². The summed E-state index contributed by atoms with van der Waals surface area (Å²) in [5.41, 5.74) is 0. The molecular weight excluding hydrogens is 236 g/mol. The van der Waals surface area contributed by atoms with Crippen molar-refractivity contribution in [1.29, 1.82) is 0 Å². The minimum Gasteiger partial charge on any atom is -0.481 e. The summed E-state index contributed by atoms with van der Waals surface area (Å²) in [6, 6.07) is 0.194. The van der Waals surface area contributed by atoms with E-state index < -0.39 is 17.8 Å². The van der Waals surface area contributed by atoms with Crippen LogP contribution in [0.25, 0.3) is 0 Å². The van der Waals surface area contributed by atoms with E-state index in [1.165, 1.54) is 13.3 Å². The van der Waals surface area contributed by atoms with Crippen LogP contribution < -0.4 is 10.6 Å². The molecule has 2 amide bonds. The van der Waals surface area contributed by atoms with Gasteiger partial charge in [0.2, 0.25) is 11.8 Å². The van der Waals surface area contributed by atoms with Crippen LogP contribution in [0.5, 0.6) is 0 Å². The normalized spacial score (nSPS) is 17.8. The first-order chi connectivity index (χ1) is 8.50. The number of carbonyl (C=O) groups excluding carboxylic acids is 2. The highest BCUT2D eigenvalue weighted by Gasteiger charge is 2.21. The molecule has 1 aliphatic rings. The lowest BCUT2D eigenvalue weighted by Gasteiger charge is -2.22. The van der Waals surface area contributed by atoms with Crippen molar-refractivity contribution in [2.75, 3.05) is 6.54 Å². The molecule has 0 saturated heterocycles. The highest BCUT2D eigenvalue weighted by molar-refractivity contribution is 5.97. The second-order valence-corrected chi connectivity index (χ2v) is 4.68. The van der Waals surface area contributed by atoms with Crippen LogP contribution in [0.4, 0.5) is 0 Å². The van der Waals surface area contributed by atoms with Crippen LogP contribution in [0.3, 0.4) is 0 Å². The molecule has 0 radical (unpaired) electrons. The quantitative estimate of drug-likeness (QED) is 0.615. The number of carboxylic acids is 1. The van der Waals surface area contributed by atoms with E-state index in [0.29, 0.717) is 0 Å². The Kier molecular flexibility index (Phi) is 5.61. The molecule has 102 valence electrons. The maximum Gasteiger partial charge on any atom is 0.315 e. The van der Waals surface area contributed by atoms with Crippen LogP contribution in [0, 0.1) is 5.92 Å². The Labute approximate surface area is 106 Å². The van der Waals surface area contributed by atoms with Crippen molar-refractivity contribution in [1.82, 2.24) is 10.6 Å². The van der Waals surface area contributed by atoms with E-state index in [-0.39, 0.29) is 18.5 Å². The van der Waals surface area contributed by atoms with Gasteiger partial charge in [-0.3, -0.25) is 14.4 Å². The molecule has 1 fully saturated rings. The highest BCUT2D eigenvalue weighted by atomic mass is 16.4. The molecule has 0 bridgehead atoms. The third-order valence-electron chi connectivity index (χ3n) is 3.16. The zero-order chi connectivity index (χ0) is 13.5. The topological polar surface area (TPSA) is 95.5 Å². The molecule has 0 spiro atoms. The van der Waals surface area contributed by atoms with Gasteiger partial charge in [0.15, 0.2) is 0 Å². The predicted octanol–water partition coefficient (Wildman–Crippen LogP) is 0.272. The maximum absolute atomic E-state index is 11.5. The minimum atomic E-state index is -1.19. The number of amides is 2. The largest absolute Gasteiger partial charge is 0.481 e. The van der Waals surface area contributed by atoms with Crippen LogP contribution in [-0.2, 0) is 14.4 Å². The average molecular weight is 256 g/mol. The Balaban J connectivity index is 2.24. The first kappa shape index (κ1) is 14.5. The molecule has 1 unspecified atom stereocenters. The van der Waals surface area contributed by atoms with Crippen molar-refractivity contribution in [3.05, 3.63) is 0 Å². The van der Waals surface area contributed by atoms with Crippen LogP contribution in [0.2, 0.25) is 0 Å². The van der Waals surface area contributed by atoms with Crippen molar-refractivity contribution in [2.45, 2.75) is 45.1 Å². The molecule has 6 heteroatoms. The van der Waals surface area contributed by atoms with Gasteiger partial charge in [-0.1, -0.05) is 19.3 Å². The fraction of sp³-hybridized carbons (Fsp3) is 0.750. The molecule has 0 aromatic rings. The number of carboxylic acid groups (broad SMARTS) is 1. The number of carbonyl (C=O) groups is 3. The van der Waals surface area contributed by atoms with Crippen LogP contribution in [0.1, 0.15) is 39.0 Å². The van der Waals surface area contributed by atoms with Gasteiger partial charge in [-0.05, 0) is 19.8 Å². The van der Waals surface area contributed by atoms with Crippen LogP contribution >= 0.6 is 0 Å². The third kappa shape index (κ3) is 4.73. The predicted molar refractivity (Wildman–Crippen MR) is 64.8 cm³/mol. The summed E-state index contributed by atoms with van der Waals surface area (Å²) in [5.74, 6) is -3.22. The van der Waals surface area contributed by atoms with E-state index in [9.17, 15) is 14.4 Å². The van der Waals surface area contributed by atoms with E-state index in [1.54, 1.807) is 0 Å². The number of hydrogen-bond acceptors (Lipinski definition) is 3. The van der Waals surface area contributed by atoms with Gasteiger partial charge in [-0.15, -0.1) is 0 Å². The molecule has 0 heterocycles. The molecule has 18 heavy (non-hydrogen) atoms. The smallest absolute Gasteiger partial charge is 0.315 e. The Morgan fingerprint density at radius 3 is 2.39 bits per heavy atom. The molecule has 1 saturated carbocycles. The number of rotatable bonds is 5. The zero-order valence-electron chi connectivity index (χ0n) is 10.6. The molecule has 3 N–H and O–H groups in total. The fourth-order valence-electron chi connectivity index (χ4n) is 1.96. The highest BCUT2D eigenvalue weighted by Crippen LogP contribution is 2.17. The summed E-state index contributed by atoms with van der Waals surface area (Å²) in [6.45, 7) is 1.13. The molecule has 1 aliphatic carbocycles. The third-order valence-corrected chi connectivity index (χ3v) is 3.16. The second-order valence-electron chi connectivity index (χ2n) is 4.68. The zero-order valence-corrected chi connectivity index (χ0v) is 10.6. The van der Waals surface area contributed by atoms with E-state index in [2.05, 4.69) is 10.6 Å². The number of aliphatic carboxylic acids is 1. The first-order valence-electron chi connectivity index (χ1n) is 6.30. The molecule has 1 atom stereocenters. The van der Waals surface area contributed by atoms with Crippen LogP contribution in [-0.4, -0.2) is 35.5 Å². The van der Waals surface area contributed by atoms with Gasteiger partial charge in [-0.2, -0.15) is 0 Å². The number of hydrogen-bond donors (Lipinski definition) is 3. The Hall–Kier alpha value is -1.59. The van der Waals surface area contributed by atoms with Crippen molar-refractivity contribution in [3.63, 3.8) is 0 Å². The summed E-state index contributed by atoms with van der Waals surface area (Å²) in [6.07, 6.45) is 5.40. The van der Waals surface area contributed by atoms with Crippen molar-refractivity contribution < 1.29 is 19.5 Å². The van der Waals surface area contributed by atoms with E-state index in [4.69, 9.17) is 5.11 Å². The van der Waals surface area contributed by atoms with E-state index in [0.717, 1.165) is 25.7 Å². The molecule has 0 aromatic carbocycles. The summed E-state index contributed by atoms with van der Waals surface area (Å²) >= 11 is 0. The summed E-state index contributed by atoms with van der Waals surface area (Å²) < 4.78 is 0. The van der Waals surface area contributed by atoms with Crippen molar-refractivity contribution in [3.8, 4) is 0 Å². The fourth-order valence-corrected chi connectivity index (χ4v) is 1.96. The molecule has 6 nitrogen and oxygen atoms in total. The van der Waals surface area contributed by atoms with Gasteiger partial charge in [0, 0.05) is 6.04 Å². The molecular formula is C12H20N2O4. The lowest BCUT2D eigenvalue weighted by molar-refractivity contribution is -0.146. The van der Waals surface area contributed by atoms with Gasteiger partial charge in [0.25, 0.3) is 0 Å². The van der Waals surface area contributed by atoms with Crippen LogP contribution in [0.15, 0.2) is 0 Å². The Bertz CT molecular complexity index is 324. The lowest BCUT2D eigenvalue weighted by Crippen LogP contribution is -2.44. The lowest BCUT2D eigenvalue weighted by atomic mass is 9.95. The first-order valence-corrected chi connectivity index (χ1v) is 6.30. The van der Waals surface area contributed by atoms with Crippen molar-refractivity contribution in [2.24, 2.45) is 5.92 Å². The minimum absolute atomic E-state index is 0.160. The van der Waals surface area contributed by atoms with Gasteiger partial charge >= 0.3 is 5.97 Å². The van der Waals surface area contributed by atoms with Gasteiger partial charge < -0.3 is 15.7 Å². The standard InChI is InChI=1S/C12H20N2O4/c1-8(12(17)18)11(16)13-7-10(15)14-9-5-3-2-4-6-9/h8-9H,2-7H2,1H3,(H,13,16)(H,14,15)(H,17,18). The Morgan fingerprint density at radius 2 is 1.83 bits per heavy atom. The molecule has 1 rings (SSSR count). The summed E-state index contributed by atoms with van der Waals surface area (Å²) in [4.78, 5) is 33.4.